The summed E-state index contributed by atoms with van der Waals surface area (Å²) in [6.45, 7) is 2.23. The Bertz CT molecular complexity index is 635. The van der Waals surface area contributed by atoms with E-state index in [0.717, 1.165) is 18.1 Å². The van der Waals surface area contributed by atoms with Crippen LogP contribution < -0.4 is 0 Å². The van der Waals surface area contributed by atoms with Gasteiger partial charge in [0.15, 0.2) is 0 Å². The summed E-state index contributed by atoms with van der Waals surface area (Å²) in [7, 11) is 0. The monoisotopic (exact) mass is 277 g/mol. The van der Waals surface area contributed by atoms with Crippen LogP contribution in [-0.4, -0.2) is 16.0 Å². The van der Waals surface area contributed by atoms with Gasteiger partial charge in [-0.25, -0.2) is 4.79 Å². The van der Waals surface area contributed by atoms with Gasteiger partial charge in [-0.05, 0) is 35.4 Å². The fourth-order valence-electron chi connectivity index (χ4n) is 2.34. The van der Waals surface area contributed by atoms with E-state index in [1.54, 1.807) is 6.07 Å². The van der Waals surface area contributed by atoms with Crippen molar-refractivity contribution in [3.05, 3.63) is 58.0 Å². The van der Waals surface area contributed by atoms with Gasteiger partial charge in [-0.3, -0.25) is 4.90 Å². The molecule has 0 aliphatic carbocycles. The van der Waals surface area contributed by atoms with Gasteiger partial charge in [-0.1, -0.05) is 17.7 Å². The Hall–Kier alpha value is -1.78. The summed E-state index contributed by atoms with van der Waals surface area (Å²) in [6, 6.07) is 9.08. The molecule has 0 amide bonds. The van der Waals surface area contributed by atoms with E-state index in [4.69, 9.17) is 21.1 Å². The first-order valence-corrected chi connectivity index (χ1v) is 6.31. The van der Waals surface area contributed by atoms with Crippen LogP contribution in [0.1, 0.15) is 27.4 Å². The third kappa shape index (κ3) is 2.50. The van der Waals surface area contributed by atoms with Crippen LogP contribution in [0, 0.1) is 0 Å². The smallest absolute Gasteiger partial charge is 0.371 e. The van der Waals surface area contributed by atoms with Crippen molar-refractivity contribution >= 4 is 17.6 Å². The molecule has 0 radical (unpaired) electrons. The van der Waals surface area contributed by atoms with Crippen LogP contribution >= 0.6 is 11.6 Å². The van der Waals surface area contributed by atoms with Gasteiger partial charge in [0.2, 0.25) is 5.76 Å². The zero-order chi connectivity index (χ0) is 13.4. The number of aromatic carboxylic acids is 1. The quantitative estimate of drug-likeness (QED) is 0.936. The molecule has 2 aromatic rings. The van der Waals surface area contributed by atoms with Gasteiger partial charge in [0, 0.05) is 18.1 Å². The second-order valence-corrected chi connectivity index (χ2v) is 5.07. The molecule has 0 bridgehead atoms. The summed E-state index contributed by atoms with van der Waals surface area (Å²) in [5, 5.41) is 9.55. The van der Waals surface area contributed by atoms with Gasteiger partial charge in [0.1, 0.15) is 5.76 Å². The lowest BCUT2D eigenvalue weighted by atomic mass is 10.1. The fourth-order valence-corrected chi connectivity index (χ4v) is 2.54. The van der Waals surface area contributed by atoms with Crippen LogP contribution in [0.4, 0.5) is 0 Å². The minimum Gasteiger partial charge on any atom is -0.475 e. The third-order valence-corrected chi connectivity index (χ3v) is 3.44. The second-order valence-electron chi connectivity index (χ2n) is 4.63. The number of nitrogens with zero attached hydrogens (tertiary/aromatic N) is 1. The highest BCUT2D eigenvalue weighted by Crippen LogP contribution is 2.27. The number of furan rings is 1. The number of carboxylic acid groups (broad SMARTS) is 1. The minimum atomic E-state index is -1.04. The molecule has 1 aromatic heterocycles. The van der Waals surface area contributed by atoms with E-state index in [9.17, 15) is 4.79 Å². The molecule has 19 heavy (non-hydrogen) atoms. The molecule has 0 spiro atoms. The molecule has 1 aliphatic rings. The lowest BCUT2D eigenvalue weighted by Gasteiger charge is -2.12. The topological polar surface area (TPSA) is 53.7 Å². The number of carbonyl (C=O) groups is 1. The number of fused-ring (bicyclic) bond motifs is 1. The lowest BCUT2D eigenvalue weighted by molar-refractivity contribution is 0.0658. The van der Waals surface area contributed by atoms with Crippen LogP contribution in [0.5, 0.6) is 0 Å². The highest BCUT2D eigenvalue weighted by atomic mass is 35.5. The van der Waals surface area contributed by atoms with E-state index >= 15 is 0 Å². The Morgan fingerprint density at radius 2 is 2.05 bits per heavy atom. The van der Waals surface area contributed by atoms with Crippen molar-refractivity contribution in [3.63, 3.8) is 0 Å². The molecule has 1 N–H and O–H groups in total. The van der Waals surface area contributed by atoms with E-state index in [1.165, 1.54) is 17.2 Å². The van der Waals surface area contributed by atoms with E-state index in [0.29, 0.717) is 12.3 Å². The molecule has 0 saturated carbocycles. The number of halogens is 1. The SMILES string of the molecule is O=C(O)c1ccc(CN2Cc3ccc(Cl)cc3C2)o1. The van der Waals surface area contributed by atoms with Crippen LogP contribution in [0.15, 0.2) is 34.7 Å². The van der Waals surface area contributed by atoms with E-state index in [-0.39, 0.29) is 5.76 Å². The van der Waals surface area contributed by atoms with Gasteiger partial charge < -0.3 is 9.52 Å². The van der Waals surface area contributed by atoms with Crippen LogP contribution in [0.2, 0.25) is 5.02 Å². The predicted octanol–water partition coefficient (Wildman–Crippen LogP) is 3.15. The lowest BCUT2D eigenvalue weighted by Crippen LogP contribution is -2.15. The van der Waals surface area contributed by atoms with Gasteiger partial charge in [0.05, 0.1) is 6.54 Å². The zero-order valence-electron chi connectivity index (χ0n) is 10.1. The Morgan fingerprint density at radius 3 is 2.79 bits per heavy atom. The zero-order valence-corrected chi connectivity index (χ0v) is 10.9. The summed E-state index contributed by atoms with van der Waals surface area (Å²) in [5.41, 5.74) is 2.48. The number of carboxylic acids is 1. The molecule has 2 heterocycles. The Balaban J connectivity index is 1.71. The van der Waals surface area contributed by atoms with Gasteiger partial charge in [-0.15, -0.1) is 0 Å². The first-order valence-electron chi connectivity index (χ1n) is 5.93. The average Bonchev–Trinajstić information content (AvgIpc) is 2.95. The number of hydrogen-bond acceptors (Lipinski definition) is 3. The number of rotatable bonds is 3. The Morgan fingerprint density at radius 1 is 1.26 bits per heavy atom. The molecule has 5 heteroatoms. The van der Waals surface area contributed by atoms with Crippen molar-refractivity contribution in [1.82, 2.24) is 4.90 Å². The van der Waals surface area contributed by atoms with E-state index < -0.39 is 5.97 Å². The van der Waals surface area contributed by atoms with E-state index in [1.807, 2.05) is 18.2 Å². The molecule has 3 rings (SSSR count). The maximum Gasteiger partial charge on any atom is 0.371 e. The molecular formula is C14H12ClNO3. The number of benzene rings is 1. The van der Waals surface area contributed by atoms with Crippen molar-refractivity contribution < 1.29 is 14.3 Å². The normalized spacial score (nSPS) is 14.6. The summed E-state index contributed by atoms with van der Waals surface area (Å²) in [4.78, 5) is 12.9. The minimum absolute atomic E-state index is 0.0187. The number of hydrogen-bond donors (Lipinski definition) is 1. The fraction of sp³-hybridized carbons (Fsp3) is 0.214. The first kappa shape index (κ1) is 12.3. The third-order valence-electron chi connectivity index (χ3n) is 3.21. The van der Waals surface area contributed by atoms with Crippen molar-refractivity contribution in [2.75, 3.05) is 0 Å². The van der Waals surface area contributed by atoms with Crippen molar-refractivity contribution in [3.8, 4) is 0 Å². The highest BCUT2D eigenvalue weighted by molar-refractivity contribution is 6.30. The van der Waals surface area contributed by atoms with Crippen LogP contribution in [-0.2, 0) is 19.6 Å². The molecule has 1 aromatic carbocycles. The summed E-state index contributed by atoms with van der Waals surface area (Å²) in [5.74, 6) is -0.395. The summed E-state index contributed by atoms with van der Waals surface area (Å²) < 4.78 is 5.26. The van der Waals surface area contributed by atoms with Crippen LogP contribution in [0.25, 0.3) is 0 Å². The van der Waals surface area contributed by atoms with Gasteiger partial charge >= 0.3 is 5.97 Å². The predicted molar refractivity (Wildman–Crippen MR) is 70.1 cm³/mol. The highest BCUT2D eigenvalue weighted by Gasteiger charge is 2.20. The molecule has 0 saturated heterocycles. The second kappa shape index (κ2) is 4.72. The van der Waals surface area contributed by atoms with Gasteiger partial charge in [0.25, 0.3) is 0 Å². The summed E-state index contributed by atoms with van der Waals surface area (Å²) >= 11 is 5.97. The molecule has 4 nitrogen and oxygen atoms in total. The maximum absolute atomic E-state index is 10.7. The molecule has 1 aliphatic heterocycles. The largest absolute Gasteiger partial charge is 0.475 e. The van der Waals surface area contributed by atoms with Crippen molar-refractivity contribution in [2.45, 2.75) is 19.6 Å². The summed E-state index contributed by atoms with van der Waals surface area (Å²) in [6.07, 6.45) is 0. The Kier molecular flexibility index (Phi) is 3.05. The average molecular weight is 278 g/mol. The first-order chi connectivity index (χ1) is 9.11. The molecule has 0 unspecified atom stereocenters. The van der Waals surface area contributed by atoms with Gasteiger partial charge in [-0.2, -0.15) is 0 Å². The van der Waals surface area contributed by atoms with E-state index in [2.05, 4.69) is 4.90 Å². The van der Waals surface area contributed by atoms with Crippen LogP contribution in [0.3, 0.4) is 0 Å². The maximum atomic E-state index is 10.7. The molecule has 0 atom stereocenters. The standard InChI is InChI=1S/C14H12ClNO3/c15-11-2-1-9-6-16(7-10(9)5-11)8-12-3-4-13(19-12)14(17)18/h1-5H,6-8H2,(H,17,18). The Labute approximate surface area is 115 Å². The molecule has 98 valence electrons. The van der Waals surface area contributed by atoms with Crippen molar-refractivity contribution in [1.29, 1.82) is 0 Å². The molecular weight excluding hydrogens is 266 g/mol. The molecule has 0 fully saturated rings. The van der Waals surface area contributed by atoms with Crippen molar-refractivity contribution in [2.24, 2.45) is 0 Å².